The molecular formula is C15H12N4. The lowest BCUT2D eigenvalue weighted by Crippen LogP contribution is -2.04. The van der Waals surface area contributed by atoms with Crippen LogP contribution in [0.2, 0.25) is 0 Å². The first-order valence-electron chi connectivity index (χ1n) is 6.06. The lowest BCUT2D eigenvalue weighted by molar-refractivity contribution is 0.912. The summed E-state index contributed by atoms with van der Waals surface area (Å²) in [7, 11) is 0. The molecule has 2 aromatic heterocycles. The van der Waals surface area contributed by atoms with E-state index in [1.807, 2.05) is 47.9 Å². The number of aryl methyl sites for hydroxylation is 1. The molecule has 0 spiro atoms. The highest BCUT2D eigenvalue weighted by Crippen LogP contribution is 2.22. The van der Waals surface area contributed by atoms with Crippen molar-refractivity contribution in [2.45, 2.75) is 13.3 Å². The maximum atomic E-state index is 8.96. The van der Waals surface area contributed by atoms with Gasteiger partial charge in [0.1, 0.15) is 11.6 Å². The van der Waals surface area contributed by atoms with Crippen LogP contribution in [0.25, 0.3) is 16.9 Å². The summed E-state index contributed by atoms with van der Waals surface area (Å²) < 4.78 is 1.97. The zero-order valence-corrected chi connectivity index (χ0v) is 10.5. The number of pyridine rings is 1. The Balaban J connectivity index is 2.35. The second-order valence-corrected chi connectivity index (χ2v) is 4.33. The van der Waals surface area contributed by atoms with Gasteiger partial charge in [0.25, 0.3) is 0 Å². The third kappa shape index (κ3) is 1.85. The molecule has 0 N–H and O–H groups in total. The molecule has 92 valence electrons. The predicted octanol–water partition coefficient (Wildman–Crippen LogP) is 2.80. The van der Waals surface area contributed by atoms with E-state index in [-0.39, 0.29) is 6.42 Å². The number of rotatable bonds is 2. The molecule has 0 saturated heterocycles. The number of hydrogen-bond donors (Lipinski definition) is 0. The first kappa shape index (κ1) is 11.4. The molecule has 0 bridgehead atoms. The van der Waals surface area contributed by atoms with E-state index in [2.05, 4.69) is 16.0 Å². The van der Waals surface area contributed by atoms with Gasteiger partial charge in [0.15, 0.2) is 0 Å². The van der Waals surface area contributed by atoms with E-state index in [1.165, 1.54) is 0 Å². The molecule has 0 unspecified atom stereocenters. The van der Waals surface area contributed by atoms with Crippen LogP contribution >= 0.6 is 0 Å². The Morgan fingerprint density at radius 2 is 2.05 bits per heavy atom. The fraction of sp³-hybridized carbons (Fsp3) is 0.133. The number of imidazole rings is 1. The highest BCUT2D eigenvalue weighted by atomic mass is 15.1. The molecule has 0 amide bonds. The van der Waals surface area contributed by atoms with Crippen LogP contribution in [0.15, 0.2) is 42.6 Å². The number of aromatic nitrogens is 3. The molecule has 2 heterocycles. The van der Waals surface area contributed by atoms with Gasteiger partial charge in [-0.05, 0) is 30.7 Å². The Morgan fingerprint density at radius 3 is 2.84 bits per heavy atom. The molecule has 0 radical (unpaired) electrons. The summed E-state index contributed by atoms with van der Waals surface area (Å²) in [6, 6.07) is 13.9. The van der Waals surface area contributed by atoms with E-state index in [9.17, 15) is 0 Å². The van der Waals surface area contributed by atoms with Crippen LogP contribution < -0.4 is 0 Å². The first-order valence-corrected chi connectivity index (χ1v) is 6.06. The predicted molar refractivity (Wildman–Crippen MR) is 72.9 cm³/mol. The molecule has 0 aliphatic heterocycles. The molecule has 4 heteroatoms. The minimum atomic E-state index is 0.269. The van der Waals surface area contributed by atoms with Crippen LogP contribution in [0, 0.1) is 18.3 Å². The Hall–Kier alpha value is -2.67. The molecule has 1 aromatic carbocycles. The smallest absolute Gasteiger partial charge is 0.141 e. The fourth-order valence-corrected chi connectivity index (χ4v) is 2.21. The summed E-state index contributed by atoms with van der Waals surface area (Å²) in [5, 5.41) is 8.96. The van der Waals surface area contributed by atoms with Gasteiger partial charge < -0.3 is 0 Å². The second kappa shape index (κ2) is 4.54. The average molecular weight is 248 g/mol. The largest absolute Gasteiger partial charge is 0.279 e. The zero-order valence-electron chi connectivity index (χ0n) is 10.5. The van der Waals surface area contributed by atoms with E-state index in [0.29, 0.717) is 0 Å². The lowest BCUT2D eigenvalue weighted by Gasteiger charge is -2.09. The highest BCUT2D eigenvalue weighted by molar-refractivity contribution is 5.78. The Bertz CT molecular complexity index is 780. The summed E-state index contributed by atoms with van der Waals surface area (Å²) in [6.07, 6.45) is 2.03. The first-order chi connectivity index (χ1) is 9.31. The van der Waals surface area contributed by atoms with Gasteiger partial charge in [-0.15, -0.1) is 0 Å². The van der Waals surface area contributed by atoms with E-state index >= 15 is 0 Å². The van der Waals surface area contributed by atoms with E-state index in [4.69, 9.17) is 5.26 Å². The Morgan fingerprint density at radius 1 is 1.21 bits per heavy atom. The van der Waals surface area contributed by atoms with Gasteiger partial charge in [-0.3, -0.25) is 4.57 Å². The van der Waals surface area contributed by atoms with Gasteiger partial charge in [-0.1, -0.05) is 18.2 Å². The van der Waals surface area contributed by atoms with E-state index in [0.717, 1.165) is 28.2 Å². The van der Waals surface area contributed by atoms with Crippen molar-refractivity contribution < 1.29 is 0 Å². The van der Waals surface area contributed by atoms with Crippen molar-refractivity contribution in [3.8, 4) is 11.9 Å². The number of benzene rings is 1. The van der Waals surface area contributed by atoms with Crippen molar-refractivity contribution in [1.29, 1.82) is 5.26 Å². The number of para-hydroxylation sites is 2. The van der Waals surface area contributed by atoms with E-state index in [1.54, 1.807) is 6.20 Å². The Kier molecular flexibility index (Phi) is 2.73. The third-order valence-electron chi connectivity index (χ3n) is 3.06. The molecule has 0 fully saturated rings. The van der Waals surface area contributed by atoms with Crippen molar-refractivity contribution in [3.63, 3.8) is 0 Å². The Labute approximate surface area is 111 Å². The number of fused-ring (bicyclic) bond motifs is 1. The topological polar surface area (TPSA) is 54.5 Å². The number of nitrogens with zero attached hydrogens (tertiary/aromatic N) is 4. The monoisotopic (exact) mass is 248 g/mol. The molecule has 4 nitrogen and oxygen atoms in total. The highest BCUT2D eigenvalue weighted by Gasteiger charge is 2.13. The van der Waals surface area contributed by atoms with Crippen LogP contribution in [0.3, 0.4) is 0 Å². The molecule has 0 aliphatic rings. The van der Waals surface area contributed by atoms with Gasteiger partial charge in [0.05, 0.1) is 23.5 Å². The molecule has 0 atom stereocenters. The van der Waals surface area contributed by atoms with Crippen LogP contribution in [0.1, 0.15) is 11.4 Å². The summed E-state index contributed by atoms with van der Waals surface area (Å²) in [4.78, 5) is 8.95. The quantitative estimate of drug-likeness (QED) is 0.700. The molecule has 3 aromatic rings. The third-order valence-corrected chi connectivity index (χ3v) is 3.06. The summed E-state index contributed by atoms with van der Waals surface area (Å²) in [5.41, 5.74) is 2.93. The van der Waals surface area contributed by atoms with Crippen LogP contribution in [0.4, 0.5) is 0 Å². The van der Waals surface area contributed by atoms with Gasteiger partial charge in [0, 0.05) is 6.20 Å². The van der Waals surface area contributed by atoms with Crippen molar-refractivity contribution >= 4 is 11.0 Å². The maximum absolute atomic E-state index is 8.96. The molecule has 19 heavy (non-hydrogen) atoms. The van der Waals surface area contributed by atoms with Crippen LogP contribution in [-0.2, 0) is 6.42 Å². The van der Waals surface area contributed by atoms with Crippen molar-refractivity contribution in [2.75, 3.05) is 0 Å². The molecule has 0 aliphatic carbocycles. The van der Waals surface area contributed by atoms with Gasteiger partial charge in [-0.25, -0.2) is 9.97 Å². The van der Waals surface area contributed by atoms with Crippen molar-refractivity contribution in [1.82, 2.24) is 14.5 Å². The van der Waals surface area contributed by atoms with E-state index < -0.39 is 0 Å². The number of hydrogen-bond acceptors (Lipinski definition) is 3. The molecular weight excluding hydrogens is 236 g/mol. The second-order valence-electron chi connectivity index (χ2n) is 4.33. The van der Waals surface area contributed by atoms with Gasteiger partial charge >= 0.3 is 0 Å². The van der Waals surface area contributed by atoms with Gasteiger partial charge in [0.2, 0.25) is 0 Å². The fourth-order valence-electron chi connectivity index (χ4n) is 2.21. The molecule has 0 saturated carbocycles. The summed E-state index contributed by atoms with van der Waals surface area (Å²) in [5.74, 6) is 1.56. The van der Waals surface area contributed by atoms with Crippen LogP contribution in [-0.4, -0.2) is 14.5 Å². The van der Waals surface area contributed by atoms with Crippen molar-refractivity contribution in [2.24, 2.45) is 0 Å². The normalized spacial score (nSPS) is 10.5. The minimum Gasteiger partial charge on any atom is -0.279 e. The van der Waals surface area contributed by atoms with Crippen LogP contribution in [0.5, 0.6) is 0 Å². The van der Waals surface area contributed by atoms with Crippen molar-refractivity contribution in [3.05, 3.63) is 54.0 Å². The summed E-state index contributed by atoms with van der Waals surface area (Å²) >= 11 is 0. The SMILES string of the molecule is Cc1cccnc1-n1c(CC#N)nc2ccccc21. The number of nitriles is 1. The summed E-state index contributed by atoms with van der Waals surface area (Å²) in [6.45, 7) is 2.01. The molecule has 3 rings (SSSR count). The maximum Gasteiger partial charge on any atom is 0.141 e. The average Bonchev–Trinajstić information content (AvgIpc) is 2.78. The van der Waals surface area contributed by atoms with Gasteiger partial charge in [-0.2, -0.15) is 5.26 Å². The standard InChI is InChI=1S/C15H12N4/c1-11-5-4-10-17-15(11)19-13-7-3-2-6-12(13)18-14(19)8-9-16/h2-7,10H,8H2,1H3. The zero-order chi connectivity index (χ0) is 13.2. The lowest BCUT2D eigenvalue weighted by atomic mass is 10.2. The minimum absolute atomic E-state index is 0.269.